The molecule has 4 aliphatic rings. The van der Waals surface area contributed by atoms with Crippen LogP contribution in [0.25, 0.3) is 0 Å². The molecule has 0 aromatic rings. The summed E-state index contributed by atoms with van der Waals surface area (Å²) in [7, 11) is 0. The average Bonchev–Trinajstić information content (AvgIpc) is 3.07. The van der Waals surface area contributed by atoms with Crippen LogP contribution in [0.1, 0.15) is 112 Å². The molecular formula is C29H52O2. The highest BCUT2D eigenvalue weighted by molar-refractivity contribution is 5.11. The smallest absolute Gasteiger partial charge is 0.0577 e. The molecule has 2 N–H and O–H groups in total. The van der Waals surface area contributed by atoms with E-state index in [4.69, 9.17) is 0 Å². The van der Waals surface area contributed by atoms with Crippen LogP contribution in [0.3, 0.4) is 0 Å². The van der Waals surface area contributed by atoms with Crippen LogP contribution in [0, 0.1) is 58.2 Å². The Morgan fingerprint density at radius 1 is 0.806 bits per heavy atom. The van der Waals surface area contributed by atoms with Crippen LogP contribution in [0.4, 0.5) is 0 Å². The van der Waals surface area contributed by atoms with Crippen molar-refractivity contribution in [1.82, 2.24) is 0 Å². The second kappa shape index (κ2) is 8.94. The van der Waals surface area contributed by atoms with Gasteiger partial charge in [0.1, 0.15) is 0 Å². The lowest BCUT2D eigenvalue weighted by atomic mass is 9.43. The normalized spacial score (nSPS) is 49.3. The van der Waals surface area contributed by atoms with Gasteiger partial charge in [0.2, 0.25) is 0 Å². The summed E-state index contributed by atoms with van der Waals surface area (Å²) in [5.74, 6) is 6.01. The van der Waals surface area contributed by atoms with Gasteiger partial charge in [0.25, 0.3) is 0 Å². The van der Waals surface area contributed by atoms with Crippen LogP contribution in [0.15, 0.2) is 0 Å². The molecule has 0 amide bonds. The van der Waals surface area contributed by atoms with Crippen molar-refractivity contribution in [2.75, 3.05) is 0 Å². The molecule has 2 heteroatoms. The Labute approximate surface area is 193 Å². The van der Waals surface area contributed by atoms with E-state index < -0.39 is 0 Å². The first kappa shape index (κ1) is 24.1. The second-order valence-corrected chi connectivity index (χ2v) is 13.4. The molecule has 4 fully saturated rings. The Kier molecular flexibility index (Phi) is 6.93. The molecule has 4 rings (SSSR count). The van der Waals surface area contributed by atoms with Crippen LogP contribution in [-0.4, -0.2) is 22.4 Å². The van der Waals surface area contributed by atoms with Gasteiger partial charge in [0.15, 0.2) is 0 Å². The minimum atomic E-state index is -0.198. The molecular weight excluding hydrogens is 380 g/mol. The zero-order valence-electron chi connectivity index (χ0n) is 21.4. The summed E-state index contributed by atoms with van der Waals surface area (Å²) in [6.45, 7) is 14.9. The van der Waals surface area contributed by atoms with Crippen LogP contribution >= 0.6 is 0 Å². The summed E-state index contributed by atoms with van der Waals surface area (Å²) < 4.78 is 0. The van der Waals surface area contributed by atoms with Crippen LogP contribution < -0.4 is 0 Å². The van der Waals surface area contributed by atoms with Crippen molar-refractivity contribution >= 4 is 0 Å². The summed E-state index contributed by atoms with van der Waals surface area (Å²) in [5, 5.41) is 21.5. The quantitative estimate of drug-likeness (QED) is 0.471. The van der Waals surface area contributed by atoms with Crippen LogP contribution in [0.5, 0.6) is 0 Å². The lowest BCUT2D eigenvalue weighted by molar-refractivity contribution is -0.172. The van der Waals surface area contributed by atoms with E-state index >= 15 is 0 Å². The first-order chi connectivity index (χ1) is 14.6. The van der Waals surface area contributed by atoms with Gasteiger partial charge in [-0.25, -0.2) is 0 Å². The fourth-order valence-electron chi connectivity index (χ4n) is 9.94. The topological polar surface area (TPSA) is 40.5 Å². The average molecular weight is 433 g/mol. The minimum Gasteiger partial charge on any atom is -0.393 e. The lowest BCUT2D eigenvalue weighted by Gasteiger charge is -2.62. The molecule has 0 bridgehead atoms. The first-order valence-corrected chi connectivity index (χ1v) is 14.0. The van der Waals surface area contributed by atoms with Gasteiger partial charge in [-0.2, -0.15) is 0 Å². The van der Waals surface area contributed by atoms with E-state index in [0.717, 1.165) is 61.2 Å². The number of aliphatic hydroxyl groups excluding tert-OH is 2. The van der Waals surface area contributed by atoms with Gasteiger partial charge in [0.05, 0.1) is 12.2 Å². The van der Waals surface area contributed by atoms with Gasteiger partial charge < -0.3 is 10.2 Å². The maximum absolute atomic E-state index is 11.2. The van der Waals surface area contributed by atoms with Crippen molar-refractivity contribution in [1.29, 1.82) is 0 Å². The summed E-state index contributed by atoms with van der Waals surface area (Å²) in [4.78, 5) is 0. The first-order valence-electron chi connectivity index (χ1n) is 14.0. The molecule has 0 aliphatic heterocycles. The molecule has 180 valence electrons. The van der Waals surface area contributed by atoms with E-state index in [1.54, 1.807) is 0 Å². The fourth-order valence-corrected chi connectivity index (χ4v) is 9.94. The van der Waals surface area contributed by atoms with Gasteiger partial charge >= 0.3 is 0 Å². The highest BCUT2D eigenvalue weighted by atomic mass is 16.3. The van der Waals surface area contributed by atoms with Crippen molar-refractivity contribution in [2.24, 2.45) is 58.2 Å². The number of rotatable bonds is 6. The maximum Gasteiger partial charge on any atom is 0.0577 e. The Bertz CT molecular complexity index is 616. The maximum atomic E-state index is 11.2. The molecule has 31 heavy (non-hydrogen) atoms. The monoisotopic (exact) mass is 432 g/mol. The molecule has 0 unspecified atom stereocenters. The van der Waals surface area contributed by atoms with E-state index in [-0.39, 0.29) is 17.6 Å². The van der Waals surface area contributed by atoms with Crippen molar-refractivity contribution in [3.63, 3.8) is 0 Å². The Balaban J connectivity index is 1.48. The summed E-state index contributed by atoms with van der Waals surface area (Å²) >= 11 is 0. The highest BCUT2D eigenvalue weighted by Gasteiger charge is 2.62. The molecule has 11 atom stereocenters. The van der Waals surface area contributed by atoms with E-state index in [0.29, 0.717) is 17.3 Å². The molecule has 0 radical (unpaired) electrons. The van der Waals surface area contributed by atoms with Crippen molar-refractivity contribution in [3.8, 4) is 0 Å². The molecule has 2 nitrogen and oxygen atoms in total. The predicted molar refractivity (Wildman–Crippen MR) is 130 cm³/mol. The zero-order valence-corrected chi connectivity index (χ0v) is 21.4. The molecule has 0 saturated heterocycles. The number of hydrogen-bond acceptors (Lipinski definition) is 2. The Morgan fingerprint density at radius 2 is 1.48 bits per heavy atom. The predicted octanol–water partition coefficient (Wildman–Crippen LogP) is 7.08. The Morgan fingerprint density at radius 3 is 2.16 bits per heavy atom. The third-order valence-electron chi connectivity index (χ3n) is 11.9. The number of aliphatic hydroxyl groups is 2. The second-order valence-electron chi connectivity index (χ2n) is 13.4. The van der Waals surface area contributed by atoms with Gasteiger partial charge in [-0.3, -0.25) is 0 Å². The van der Waals surface area contributed by atoms with Crippen molar-refractivity contribution < 1.29 is 10.2 Å². The van der Waals surface area contributed by atoms with Gasteiger partial charge in [-0.05, 0) is 116 Å². The molecule has 0 spiro atoms. The summed E-state index contributed by atoms with van der Waals surface area (Å²) in [5.41, 5.74) is 0.732. The molecule has 0 aromatic carbocycles. The molecule has 4 saturated carbocycles. The lowest BCUT2D eigenvalue weighted by Crippen LogP contribution is -2.58. The van der Waals surface area contributed by atoms with Crippen LogP contribution in [0.2, 0.25) is 0 Å². The third-order valence-corrected chi connectivity index (χ3v) is 11.9. The van der Waals surface area contributed by atoms with Crippen molar-refractivity contribution in [3.05, 3.63) is 0 Å². The highest BCUT2D eigenvalue weighted by Crippen LogP contribution is 2.68. The minimum absolute atomic E-state index is 0.187. The van der Waals surface area contributed by atoms with Crippen LogP contribution in [-0.2, 0) is 0 Å². The van der Waals surface area contributed by atoms with Gasteiger partial charge in [-0.15, -0.1) is 0 Å². The third kappa shape index (κ3) is 4.05. The van der Waals surface area contributed by atoms with Crippen molar-refractivity contribution in [2.45, 2.75) is 124 Å². The fraction of sp³-hybridized carbons (Fsp3) is 1.00. The van der Waals surface area contributed by atoms with Gasteiger partial charge in [-0.1, -0.05) is 54.4 Å². The largest absolute Gasteiger partial charge is 0.393 e. The van der Waals surface area contributed by atoms with Gasteiger partial charge in [0, 0.05) is 0 Å². The SMILES string of the molecule is CC[C@H](CC[C@@H](C)[C@H]1CC[C@H]2[C@@H]3C[C@H](O)[C@H]4C[C@H](O)CC[C@]4(C)[C@H]3CC[C@]12C)C(C)C. The molecule has 0 aromatic heterocycles. The zero-order chi connectivity index (χ0) is 22.6. The van der Waals surface area contributed by atoms with E-state index in [1.807, 2.05) is 0 Å². The standard InChI is InChI=1S/C29H52O2/c1-7-20(18(2)3)9-8-19(4)23-10-11-24-22-17-27(31)26-16-21(30)12-14-29(26,6)25(22)13-15-28(23,24)5/h18-27,30-31H,7-17H2,1-6H3/t19-,20-,21-,22+,23-,24+,25+,26-,27+,28-,29-/m1/s1. The van der Waals surface area contributed by atoms with E-state index in [1.165, 1.54) is 44.9 Å². The van der Waals surface area contributed by atoms with E-state index in [9.17, 15) is 10.2 Å². The Hall–Kier alpha value is -0.0800. The summed E-state index contributed by atoms with van der Waals surface area (Å²) in [6.07, 6.45) is 13.2. The molecule has 0 heterocycles. The number of hydrogen-bond donors (Lipinski definition) is 2. The molecule has 4 aliphatic carbocycles. The number of fused-ring (bicyclic) bond motifs is 5. The van der Waals surface area contributed by atoms with E-state index in [2.05, 4.69) is 41.5 Å². The summed E-state index contributed by atoms with van der Waals surface area (Å²) in [6, 6.07) is 0.